The van der Waals surface area contributed by atoms with Gasteiger partial charge in [-0.1, -0.05) is 55.8 Å². The van der Waals surface area contributed by atoms with Crippen molar-refractivity contribution in [1.82, 2.24) is 4.98 Å². The molecule has 0 saturated carbocycles. The van der Waals surface area contributed by atoms with Crippen LogP contribution in [-0.2, 0) is 4.74 Å². The van der Waals surface area contributed by atoms with Crippen LogP contribution in [0.1, 0.15) is 31.3 Å². The minimum absolute atomic E-state index is 0.279. The van der Waals surface area contributed by atoms with Gasteiger partial charge >= 0.3 is 5.97 Å². The monoisotopic (exact) mass is 409 g/mol. The number of aromatic nitrogens is 1. The molecule has 150 valence electrons. The lowest BCUT2D eigenvalue weighted by Gasteiger charge is -2.16. The van der Waals surface area contributed by atoms with Crippen LogP contribution in [0.15, 0.2) is 60.7 Å². The van der Waals surface area contributed by atoms with Crippen molar-refractivity contribution in [2.75, 3.05) is 13.2 Å². The summed E-state index contributed by atoms with van der Waals surface area (Å²) in [7, 11) is 0. The van der Waals surface area contributed by atoms with E-state index in [1.807, 2.05) is 48.5 Å². The largest absolute Gasteiger partial charge is 0.493 e. The average molecular weight is 410 g/mol. The number of esters is 1. The summed E-state index contributed by atoms with van der Waals surface area (Å²) in [6, 6.07) is 18.8. The summed E-state index contributed by atoms with van der Waals surface area (Å²) in [5.74, 6) is 0.726. The maximum Gasteiger partial charge on any atom is 0.356 e. The summed E-state index contributed by atoms with van der Waals surface area (Å²) < 4.78 is 11.1. The third-order valence-electron chi connectivity index (χ3n) is 4.24. The Morgan fingerprint density at radius 1 is 1.00 bits per heavy atom. The number of rotatable bonds is 7. The van der Waals surface area contributed by atoms with Crippen molar-refractivity contribution < 1.29 is 14.3 Å². The van der Waals surface area contributed by atoms with E-state index in [1.54, 1.807) is 19.1 Å². The molecule has 0 atom stereocenters. The Hall–Kier alpha value is -2.85. The molecule has 29 heavy (non-hydrogen) atoms. The van der Waals surface area contributed by atoms with Crippen molar-refractivity contribution in [3.05, 3.63) is 71.4 Å². The molecule has 0 aliphatic heterocycles. The van der Waals surface area contributed by atoms with E-state index in [2.05, 4.69) is 18.8 Å². The van der Waals surface area contributed by atoms with Gasteiger partial charge in [-0.05, 0) is 48.7 Å². The molecule has 0 bridgehead atoms. The molecule has 0 saturated heterocycles. The van der Waals surface area contributed by atoms with Crippen LogP contribution in [0.3, 0.4) is 0 Å². The predicted octanol–water partition coefficient (Wildman–Crippen LogP) is 6.28. The Kier molecular flexibility index (Phi) is 6.89. The molecule has 0 N–H and O–H groups in total. The lowest BCUT2D eigenvalue weighted by Crippen LogP contribution is -2.07. The number of carbonyl (C=O) groups is 1. The molecular weight excluding hydrogens is 386 g/mol. The van der Waals surface area contributed by atoms with E-state index >= 15 is 0 Å². The first-order chi connectivity index (χ1) is 14.0. The normalized spacial score (nSPS) is 10.8. The molecule has 2 aromatic carbocycles. The molecule has 1 heterocycles. The minimum Gasteiger partial charge on any atom is -0.493 e. The lowest BCUT2D eigenvalue weighted by molar-refractivity contribution is 0.0519. The quantitative estimate of drug-likeness (QED) is 0.431. The zero-order chi connectivity index (χ0) is 20.8. The van der Waals surface area contributed by atoms with E-state index in [0.717, 1.165) is 22.4 Å². The average Bonchev–Trinajstić information content (AvgIpc) is 2.73. The SMILES string of the molecule is CCOC(=O)c1cccc(-c2ccccc2-c2cc(Cl)ccc2OCC(C)C)n1. The van der Waals surface area contributed by atoms with Crippen LogP contribution >= 0.6 is 11.6 Å². The van der Waals surface area contributed by atoms with Gasteiger partial charge < -0.3 is 9.47 Å². The summed E-state index contributed by atoms with van der Waals surface area (Å²) in [6.07, 6.45) is 0. The van der Waals surface area contributed by atoms with Crippen LogP contribution < -0.4 is 4.74 Å². The second-order valence-electron chi connectivity index (χ2n) is 7.02. The van der Waals surface area contributed by atoms with Gasteiger partial charge in [-0.25, -0.2) is 9.78 Å². The van der Waals surface area contributed by atoms with E-state index in [-0.39, 0.29) is 5.69 Å². The van der Waals surface area contributed by atoms with Crippen LogP contribution in [-0.4, -0.2) is 24.2 Å². The number of pyridine rings is 1. The van der Waals surface area contributed by atoms with Gasteiger partial charge in [0, 0.05) is 16.1 Å². The van der Waals surface area contributed by atoms with Gasteiger partial charge in [0.1, 0.15) is 11.4 Å². The fourth-order valence-electron chi connectivity index (χ4n) is 2.94. The second kappa shape index (κ2) is 9.57. The van der Waals surface area contributed by atoms with Crippen molar-refractivity contribution in [2.24, 2.45) is 5.92 Å². The first-order valence-electron chi connectivity index (χ1n) is 9.66. The third kappa shape index (κ3) is 5.15. The van der Waals surface area contributed by atoms with Crippen LogP contribution in [0.25, 0.3) is 22.4 Å². The third-order valence-corrected chi connectivity index (χ3v) is 4.48. The number of hydrogen-bond donors (Lipinski definition) is 0. The Bertz CT molecular complexity index is 1000. The van der Waals surface area contributed by atoms with E-state index in [0.29, 0.717) is 29.8 Å². The minimum atomic E-state index is -0.435. The van der Waals surface area contributed by atoms with Gasteiger partial charge in [-0.2, -0.15) is 0 Å². The van der Waals surface area contributed by atoms with E-state index in [9.17, 15) is 4.79 Å². The summed E-state index contributed by atoms with van der Waals surface area (Å²) in [6.45, 7) is 6.89. The highest BCUT2D eigenvalue weighted by Gasteiger charge is 2.16. The Morgan fingerprint density at radius 3 is 2.48 bits per heavy atom. The van der Waals surface area contributed by atoms with Crippen molar-refractivity contribution >= 4 is 17.6 Å². The van der Waals surface area contributed by atoms with E-state index in [1.165, 1.54) is 0 Å². The number of carbonyl (C=O) groups excluding carboxylic acids is 1. The number of halogens is 1. The highest BCUT2D eigenvalue weighted by atomic mass is 35.5. The van der Waals surface area contributed by atoms with Crippen molar-refractivity contribution in [3.63, 3.8) is 0 Å². The Morgan fingerprint density at radius 2 is 1.76 bits per heavy atom. The molecule has 0 aliphatic carbocycles. The molecule has 0 aliphatic rings. The summed E-state index contributed by atoms with van der Waals surface area (Å²) in [5.41, 5.74) is 3.66. The molecule has 0 radical (unpaired) electrons. The first kappa shape index (κ1) is 20.9. The number of benzene rings is 2. The van der Waals surface area contributed by atoms with Crippen molar-refractivity contribution in [2.45, 2.75) is 20.8 Å². The van der Waals surface area contributed by atoms with Gasteiger partial charge in [-0.15, -0.1) is 0 Å². The van der Waals surface area contributed by atoms with E-state index in [4.69, 9.17) is 21.1 Å². The van der Waals surface area contributed by atoms with Gasteiger partial charge in [0.25, 0.3) is 0 Å². The standard InChI is InChI=1S/C24H24ClNO3/c1-4-28-24(27)22-11-7-10-21(26-22)19-9-6-5-8-18(19)20-14-17(25)12-13-23(20)29-15-16(2)3/h5-14,16H,4,15H2,1-3H3. The Labute approximate surface area is 176 Å². The molecule has 3 rings (SSSR count). The number of ether oxygens (including phenoxy) is 2. The van der Waals surface area contributed by atoms with Gasteiger partial charge in [0.15, 0.2) is 0 Å². The smallest absolute Gasteiger partial charge is 0.356 e. The maximum atomic E-state index is 12.1. The van der Waals surface area contributed by atoms with Crippen molar-refractivity contribution in [1.29, 1.82) is 0 Å². The molecule has 1 aromatic heterocycles. The van der Waals surface area contributed by atoms with Crippen LogP contribution in [0.2, 0.25) is 5.02 Å². The van der Waals surface area contributed by atoms with Gasteiger partial charge in [-0.3, -0.25) is 0 Å². The maximum absolute atomic E-state index is 12.1. The van der Waals surface area contributed by atoms with E-state index < -0.39 is 5.97 Å². The lowest BCUT2D eigenvalue weighted by atomic mass is 9.96. The molecule has 4 nitrogen and oxygen atoms in total. The molecular formula is C24H24ClNO3. The molecule has 0 unspecified atom stereocenters. The topological polar surface area (TPSA) is 48.4 Å². The zero-order valence-corrected chi connectivity index (χ0v) is 17.6. The number of hydrogen-bond acceptors (Lipinski definition) is 4. The fourth-order valence-corrected chi connectivity index (χ4v) is 3.11. The molecule has 0 amide bonds. The summed E-state index contributed by atoms with van der Waals surface area (Å²) in [5, 5.41) is 0.625. The highest BCUT2D eigenvalue weighted by Crippen LogP contribution is 2.38. The van der Waals surface area contributed by atoms with Crippen LogP contribution in [0.4, 0.5) is 0 Å². The second-order valence-corrected chi connectivity index (χ2v) is 7.46. The molecule has 3 aromatic rings. The van der Waals surface area contributed by atoms with Crippen LogP contribution in [0, 0.1) is 5.92 Å². The zero-order valence-electron chi connectivity index (χ0n) is 16.8. The number of nitrogens with zero attached hydrogens (tertiary/aromatic N) is 1. The first-order valence-corrected chi connectivity index (χ1v) is 10.0. The molecule has 0 fully saturated rings. The molecule has 5 heteroatoms. The Balaban J connectivity index is 2.08. The highest BCUT2D eigenvalue weighted by molar-refractivity contribution is 6.31. The van der Waals surface area contributed by atoms with Crippen molar-refractivity contribution in [3.8, 4) is 28.1 Å². The van der Waals surface area contributed by atoms with Gasteiger partial charge in [0.05, 0.1) is 18.9 Å². The summed E-state index contributed by atoms with van der Waals surface area (Å²) >= 11 is 6.30. The molecule has 0 spiro atoms. The van der Waals surface area contributed by atoms with Gasteiger partial charge in [0.2, 0.25) is 0 Å². The van der Waals surface area contributed by atoms with Crippen LogP contribution in [0.5, 0.6) is 5.75 Å². The fraction of sp³-hybridized carbons (Fsp3) is 0.250. The predicted molar refractivity (Wildman–Crippen MR) is 116 cm³/mol. The summed E-state index contributed by atoms with van der Waals surface area (Å²) in [4.78, 5) is 16.6.